The molecule has 0 heteroatoms. The third kappa shape index (κ3) is 3.07. The molecule has 0 aromatic heterocycles. The van der Waals surface area contributed by atoms with Crippen LogP contribution < -0.4 is 0 Å². The monoisotopic (exact) mass is 222 g/mol. The zero-order chi connectivity index (χ0) is 12.1. The van der Waals surface area contributed by atoms with Crippen molar-refractivity contribution >= 4 is 5.57 Å². The van der Waals surface area contributed by atoms with Crippen molar-refractivity contribution in [2.45, 2.75) is 20.3 Å². The quantitative estimate of drug-likeness (QED) is 0.706. The van der Waals surface area contributed by atoms with Crippen LogP contribution in [0.2, 0.25) is 0 Å². The van der Waals surface area contributed by atoms with Gasteiger partial charge in [0.15, 0.2) is 0 Å². The van der Waals surface area contributed by atoms with Gasteiger partial charge in [-0.1, -0.05) is 60.7 Å². The maximum atomic E-state index is 2.28. The topological polar surface area (TPSA) is 0 Å². The predicted molar refractivity (Wildman–Crippen MR) is 75.0 cm³/mol. The van der Waals surface area contributed by atoms with E-state index in [1.807, 2.05) is 0 Å². The molecule has 2 aromatic carbocycles. The lowest BCUT2D eigenvalue weighted by molar-refractivity contribution is 1.19. The molecule has 0 bridgehead atoms. The molecule has 0 N–H and O–H groups in total. The molecule has 2 aromatic rings. The third-order valence-electron chi connectivity index (χ3n) is 3.07. The zero-order valence-electron chi connectivity index (χ0n) is 10.5. The molecule has 0 amide bonds. The first-order valence-electron chi connectivity index (χ1n) is 6.06. The van der Waals surface area contributed by atoms with Crippen LogP contribution >= 0.6 is 0 Å². The summed E-state index contributed by atoms with van der Waals surface area (Å²) in [6, 6.07) is 19.4. The summed E-state index contributed by atoms with van der Waals surface area (Å²) in [5.41, 5.74) is 5.39. The van der Waals surface area contributed by atoms with Gasteiger partial charge in [0.1, 0.15) is 0 Å². The Labute approximate surface area is 104 Å². The molecule has 17 heavy (non-hydrogen) atoms. The van der Waals surface area contributed by atoms with Gasteiger partial charge in [-0.2, -0.15) is 0 Å². The lowest BCUT2D eigenvalue weighted by Crippen LogP contribution is -1.89. The smallest absolute Gasteiger partial charge is 0.00256 e. The molecular formula is C17H18. The highest BCUT2D eigenvalue weighted by molar-refractivity contribution is 5.63. The largest absolute Gasteiger partial charge is 0.0841 e. The molecule has 0 heterocycles. The fraction of sp³-hybridized carbons (Fsp3) is 0.176. The number of benzene rings is 2. The van der Waals surface area contributed by atoms with Crippen molar-refractivity contribution in [3.8, 4) is 0 Å². The summed E-state index contributed by atoms with van der Waals surface area (Å²) in [6.45, 7) is 4.24. The van der Waals surface area contributed by atoms with Crippen LogP contribution in [0.15, 0.2) is 60.7 Å². The van der Waals surface area contributed by atoms with E-state index < -0.39 is 0 Å². The number of rotatable bonds is 3. The Bertz CT molecular complexity index is 507. The molecule has 0 unspecified atom stereocenters. The van der Waals surface area contributed by atoms with E-state index in [1.165, 1.54) is 22.3 Å². The fourth-order valence-corrected chi connectivity index (χ4v) is 1.92. The van der Waals surface area contributed by atoms with Crippen molar-refractivity contribution in [3.63, 3.8) is 0 Å². The van der Waals surface area contributed by atoms with Gasteiger partial charge in [0.25, 0.3) is 0 Å². The van der Waals surface area contributed by atoms with E-state index in [0.29, 0.717) is 0 Å². The maximum absolute atomic E-state index is 2.28. The van der Waals surface area contributed by atoms with E-state index in [0.717, 1.165) is 6.42 Å². The van der Waals surface area contributed by atoms with Gasteiger partial charge in [-0.3, -0.25) is 0 Å². The third-order valence-corrected chi connectivity index (χ3v) is 3.07. The van der Waals surface area contributed by atoms with E-state index in [9.17, 15) is 0 Å². The van der Waals surface area contributed by atoms with Crippen molar-refractivity contribution in [1.82, 2.24) is 0 Å². The number of hydrogen-bond acceptors (Lipinski definition) is 0. The Morgan fingerprint density at radius 3 is 2.35 bits per heavy atom. The van der Waals surface area contributed by atoms with E-state index in [-0.39, 0.29) is 0 Å². The second-order valence-electron chi connectivity index (χ2n) is 4.33. The Hall–Kier alpha value is -1.82. The first kappa shape index (κ1) is 11.7. The van der Waals surface area contributed by atoms with Gasteiger partial charge < -0.3 is 0 Å². The van der Waals surface area contributed by atoms with Crippen LogP contribution in [-0.2, 0) is 6.42 Å². The van der Waals surface area contributed by atoms with Crippen LogP contribution in [0.4, 0.5) is 0 Å². The van der Waals surface area contributed by atoms with Crippen LogP contribution in [0.5, 0.6) is 0 Å². The normalized spacial score (nSPS) is 11.5. The first-order chi connectivity index (χ1) is 8.29. The minimum absolute atomic E-state index is 1.01. The SMILES string of the molecule is C/C=C(/C)c1cccc(Cc2ccccc2)c1. The molecule has 0 nitrogen and oxygen atoms in total. The predicted octanol–water partition coefficient (Wildman–Crippen LogP) is 4.70. The summed E-state index contributed by atoms with van der Waals surface area (Å²) in [7, 11) is 0. The van der Waals surface area contributed by atoms with E-state index >= 15 is 0 Å². The Balaban J connectivity index is 2.23. The molecule has 0 atom stereocenters. The van der Waals surface area contributed by atoms with Gasteiger partial charge in [-0.15, -0.1) is 0 Å². The van der Waals surface area contributed by atoms with Crippen molar-refractivity contribution in [3.05, 3.63) is 77.4 Å². The summed E-state index contributed by atoms with van der Waals surface area (Å²) >= 11 is 0. The lowest BCUT2D eigenvalue weighted by Gasteiger charge is -2.05. The average Bonchev–Trinajstić information content (AvgIpc) is 2.39. The van der Waals surface area contributed by atoms with Crippen molar-refractivity contribution < 1.29 is 0 Å². The lowest BCUT2D eigenvalue weighted by atomic mass is 10.00. The molecule has 0 spiro atoms. The summed E-state index contributed by atoms with van der Waals surface area (Å²) in [5, 5.41) is 0. The van der Waals surface area contributed by atoms with Crippen LogP contribution in [0, 0.1) is 0 Å². The minimum atomic E-state index is 1.01. The van der Waals surface area contributed by atoms with Crippen LogP contribution in [0.3, 0.4) is 0 Å². The van der Waals surface area contributed by atoms with E-state index in [4.69, 9.17) is 0 Å². The minimum Gasteiger partial charge on any atom is -0.0841 e. The molecular weight excluding hydrogens is 204 g/mol. The summed E-state index contributed by atoms with van der Waals surface area (Å²) in [6.07, 6.45) is 3.16. The summed E-state index contributed by atoms with van der Waals surface area (Å²) in [4.78, 5) is 0. The fourth-order valence-electron chi connectivity index (χ4n) is 1.92. The van der Waals surface area contributed by atoms with Crippen molar-refractivity contribution in [2.24, 2.45) is 0 Å². The highest BCUT2D eigenvalue weighted by Gasteiger charge is 1.98. The van der Waals surface area contributed by atoms with Gasteiger partial charge in [0.2, 0.25) is 0 Å². The first-order valence-corrected chi connectivity index (χ1v) is 6.06. The Morgan fingerprint density at radius 1 is 0.941 bits per heavy atom. The van der Waals surface area contributed by atoms with Crippen molar-refractivity contribution in [2.75, 3.05) is 0 Å². The van der Waals surface area contributed by atoms with Gasteiger partial charge in [0.05, 0.1) is 0 Å². The maximum Gasteiger partial charge on any atom is -0.00256 e. The van der Waals surface area contributed by atoms with Crippen LogP contribution in [0.25, 0.3) is 5.57 Å². The van der Waals surface area contributed by atoms with E-state index in [2.05, 4.69) is 74.5 Å². The average molecular weight is 222 g/mol. The second kappa shape index (κ2) is 5.49. The van der Waals surface area contributed by atoms with Gasteiger partial charge in [-0.05, 0) is 42.5 Å². The molecule has 86 valence electrons. The van der Waals surface area contributed by atoms with Gasteiger partial charge >= 0.3 is 0 Å². The molecule has 0 fully saturated rings. The second-order valence-corrected chi connectivity index (χ2v) is 4.33. The molecule has 0 saturated heterocycles. The summed E-state index contributed by atoms with van der Waals surface area (Å²) < 4.78 is 0. The van der Waals surface area contributed by atoms with Crippen LogP contribution in [-0.4, -0.2) is 0 Å². The zero-order valence-corrected chi connectivity index (χ0v) is 10.5. The molecule has 0 saturated carbocycles. The standard InChI is InChI=1S/C17H18/c1-3-14(2)17-11-7-10-16(13-17)12-15-8-5-4-6-9-15/h3-11,13H,12H2,1-2H3/b14-3-. The van der Waals surface area contributed by atoms with Gasteiger partial charge in [0, 0.05) is 0 Å². The Morgan fingerprint density at radius 2 is 1.65 bits per heavy atom. The molecule has 0 aliphatic rings. The number of allylic oxidation sites excluding steroid dienone is 2. The van der Waals surface area contributed by atoms with E-state index in [1.54, 1.807) is 0 Å². The number of hydrogen-bond donors (Lipinski definition) is 0. The van der Waals surface area contributed by atoms with Crippen LogP contribution in [0.1, 0.15) is 30.5 Å². The van der Waals surface area contributed by atoms with Gasteiger partial charge in [-0.25, -0.2) is 0 Å². The highest BCUT2D eigenvalue weighted by atomic mass is 14.0. The highest BCUT2D eigenvalue weighted by Crippen LogP contribution is 2.17. The Kier molecular flexibility index (Phi) is 3.77. The summed E-state index contributed by atoms with van der Waals surface area (Å²) in [5.74, 6) is 0. The molecule has 2 rings (SSSR count). The molecule has 0 aliphatic carbocycles. The van der Waals surface area contributed by atoms with Crippen molar-refractivity contribution in [1.29, 1.82) is 0 Å². The molecule has 0 aliphatic heterocycles. The molecule has 0 radical (unpaired) electrons.